The number of fused-ring (bicyclic) bond motifs is 3. The van der Waals surface area contributed by atoms with E-state index in [4.69, 9.17) is 23.2 Å². The van der Waals surface area contributed by atoms with Crippen molar-refractivity contribution in [3.05, 3.63) is 100 Å². The number of aromatic amines is 1. The van der Waals surface area contributed by atoms with Crippen LogP contribution in [-0.4, -0.2) is 24.9 Å². The number of H-pyrrole nitrogens is 1. The molecule has 0 aliphatic heterocycles. The van der Waals surface area contributed by atoms with Crippen LogP contribution in [0.5, 0.6) is 0 Å². The number of nitrogens with one attached hydrogen (secondary N) is 2. The van der Waals surface area contributed by atoms with Gasteiger partial charge >= 0.3 is 0 Å². The molecule has 8 heteroatoms. The van der Waals surface area contributed by atoms with Gasteiger partial charge in [0.25, 0.3) is 0 Å². The van der Waals surface area contributed by atoms with Gasteiger partial charge in [-0.3, -0.25) is 4.98 Å². The maximum atomic E-state index is 6.24. The molecule has 0 fully saturated rings. The summed E-state index contributed by atoms with van der Waals surface area (Å²) in [4.78, 5) is 20.8. The Hall–Kier alpha value is -3.74. The lowest BCUT2D eigenvalue weighted by Gasteiger charge is -2.10. The fraction of sp³-hybridized carbons (Fsp3) is 0.0769. The van der Waals surface area contributed by atoms with Crippen molar-refractivity contribution in [1.82, 2.24) is 24.9 Å². The molecule has 0 atom stereocenters. The molecule has 2 aromatic carbocycles. The first-order valence-corrected chi connectivity index (χ1v) is 11.5. The molecule has 6 aromatic rings. The number of pyridine rings is 2. The van der Waals surface area contributed by atoms with Gasteiger partial charge in [0.2, 0.25) is 0 Å². The Morgan fingerprint density at radius 1 is 0.765 bits per heavy atom. The first-order valence-electron chi connectivity index (χ1n) is 10.8. The SMILES string of the molecule is Clc1cnc2ccc(Cc3ccc4ncnc(NCc5cnc6[nH]cc(Cl)c6c5)c4c3)cc2c1. The molecule has 0 saturated heterocycles. The molecule has 0 spiro atoms. The number of nitrogens with zero attached hydrogens (tertiary/aromatic N) is 4. The molecule has 166 valence electrons. The summed E-state index contributed by atoms with van der Waals surface area (Å²) in [5, 5.41) is 7.64. The minimum absolute atomic E-state index is 0.569. The van der Waals surface area contributed by atoms with Crippen LogP contribution in [0, 0.1) is 0 Å². The lowest BCUT2D eigenvalue weighted by molar-refractivity contribution is 1.09. The summed E-state index contributed by atoms with van der Waals surface area (Å²) in [5.41, 5.74) is 5.96. The van der Waals surface area contributed by atoms with Crippen molar-refractivity contribution in [1.29, 1.82) is 0 Å². The number of hydrogen-bond donors (Lipinski definition) is 2. The Bertz CT molecular complexity index is 1680. The summed E-state index contributed by atoms with van der Waals surface area (Å²) in [6, 6.07) is 16.5. The highest BCUT2D eigenvalue weighted by Gasteiger charge is 2.08. The average Bonchev–Trinajstić information content (AvgIpc) is 3.22. The average molecular weight is 485 g/mol. The van der Waals surface area contributed by atoms with Gasteiger partial charge < -0.3 is 10.3 Å². The highest BCUT2D eigenvalue weighted by molar-refractivity contribution is 6.35. The molecule has 0 amide bonds. The Kier molecular flexibility index (Phi) is 5.24. The third-order valence-electron chi connectivity index (χ3n) is 5.82. The number of rotatable bonds is 5. The van der Waals surface area contributed by atoms with Gasteiger partial charge in [-0.05, 0) is 59.5 Å². The predicted octanol–water partition coefficient (Wildman–Crippen LogP) is 6.56. The summed E-state index contributed by atoms with van der Waals surface area (Å²) in [7, 11) is 0. The zero-order valence-corrected chi connectivity index (χ0v) is 19.4. The fourth-order valence-corrected chi connectivity index (χ4v) is 4.52. The number of hydrogen-bond acceptors (Lipinski definition) is 5. The molecule has 0 saturated carbocycles. The van der Waals surface area contributed by atoms with E-state index in [9.17, 15) is 0 Å². The van der Waals surface area contributed by atoms with E-state index in [0.717, 1.165) is 50.6 Å². The van der Waals surface area contributed by atoms with Crippen molar-refractivity contribution in [3.8, 4) is 0 Å². The van der Waals surface area contributed by atoms with E-state index < -0.39 is 0 Å². The second kappa shape index (κ2) is 8.56. The molecule has 4 heterocycles. The zero-order valence-electron chi connectivity index (χ0n) is 17.9. The van der Waals surface area contributed by atoms with Crippen molar-refractivity contribution in [2.24, 2.45) is 0 Å². The monoisotopic (exact) mass is 484 g/mol. The van der Waals surface area contributed by atoms with Gasteiger partial charge in [-0.2, -0.15) is 0 Å². The topological polar surface area (TPSA) is 79.4 Å². The molecule has 6 nitrogen and oxygen atoms in total. The molecule has 0 aliphatic rings. The minimum atomic E-state index is 0.569. The van der Waals surface area contributed by atoms with Gasteiger partial charge in [0, 0.05) is 41.3 Å². The molecule has 0 radical (unpaired) electrons. The van der Waals surface area contributed by atoms with E-state index in [1.165, 1.54) is 11.1 Å². The molecule has 34 heavy (non-hydrogen) atoms. The molecular weight excluding hydrogens is 467 g/mol. The minimum Gasteiger partial charge on any atom is -0.365 e. The Morgan fingerprint density at radius 3 is 2.50 bits per heavy atom. The largest absolute Gasteiger partial charge is 0.365 e. The quantitative estimate of drug-likeness (QED) is 0.289. The summed E-state index contributed by atoms with van der Waals surface area (Å²) >= 11 is 12.4. The predicted molar refractivity (Wildman–Crippen MR) is 138 cm³/mol. The van der Waals surface area contributed by atoms with Crippen LogP contribution in [0.2, 0.25) is 10.0 Å². The van der Waals surface area contributed by atoms with Crippen LogP contribution >= 0.6 is 23.2 Å². The molecule has 0 bridgehead atoms. The molecule has 0 unspecified atom stereocenters. The Morgan fingerprint density at radius 2 is 1.59 bits per heavy atom. The summed E-state index contributed by atoms with van der Waals surface area (Å²) in [5.74, 6) is 0.779. The molecule has 0 aliphatic carbocycles. The van der Waals surface area contributed by atoms with Crippen LogP contribution < -0.4 is 5.32 Å². The van der Waals surface area contributed by atoms with Crippen molar-refractivity contribution in [3.63, 3.8) is 0 Å². The van der Waals surface area contributed by atoms with Gasteiger partial charge in [0.1, 0.15) is 17.8 Å². The molecule has 4 aromatic heterocycles. The lowest BCUT2D eigenvalue weighted by Crippen LogP contribution is -2.03. The van der Waals surface area contributed by atoms with E-state index in [1.54, 1.807) is 18.7 Å². The van der Waals surface area contributed by atoms with Crippen molar-refractivity contribution in [2.75, 3.05) is 5.32 Å². The summed E-state index contributed by atoms with van der Waals surface area (Å²) < 4.78 is 0. The van der Waals surface area contributed by atoms with Crippen molar-refractivity contribution < 1.29 is 0 Å². The van der Waals surface area contributed by atoms with E-state index in [0.29, 0.717) is 16.6 Å². The van der Waals surface area contributed by atoms with Crippen LogP contribution in [0.15, 0.2) is 73.4 Å². The zero-order chi connectivity index (χ0) is 23.1. The normalized spacial score (nSPS) is 11.5. The van der Waals surface area contributed by atoms with Crippen LogP contribution in [0.1, 0.15) is 16.7 Å². The van der Waals surface area contributed by atoms with Crippen LogP contribution in [0.25, 0.3) is 32.8 Å². The third-order valence-corrected chi connectivity index (χ3v) is 6.34. The Labute approximate surface area is 205 Å². The standard InChI is InChI=1S/C26H18Cl2N6/c27-19-9-18-6-15(1-3-23(18)29-12-19)5-16-2-4-24-21(7-16)26(34-14-33-24)31-11-17-8-20-22(28)13-32-25(20)30-10-17/h1-4,6-10,12-14H,5,11H2,(H,30,32)(H,31,33,34). The lowest BCUT2D eigenvalue weighted by atomic mass is 10.0. The van der Waals surface area contributed by atoms with Gasteiger partial charge in [-0.15, -0.1) is 0 Å². The summed E-state index contributed by atoms with van der Waals surface area (Å²) in [6.07, 6.45) is 7.60. The van der Waals surface area contributed by atoms with Gasteiger partial charge in [0.05, 0.1) is 21.1 Å². The second-order valence-electron chi connectivity index (χ2n) is 8.16. The maximum absolute atomic E-state index is 6.24. The molecule has 2 N–H and O–H groups in total. The van der Waals surface area contributed by atoms with E-state index in [1.807, 2.05) is 30.5 Å². The first kappa shape index (κ1) is 20.8. The van der Waals surface area contributed by atoms with Crippen molar-refractivity contribution >= 4 is 61.9 Å². The number of benzene rings is 2. The first-order chi connectivity index (χ1) is 16.6. The number of anilines is 1. The van der Waals surface area contributed by atoms with E-state index >= 15 is 0 Å². The summed E-state index contributed by atoms with van der Waals surface area (Å²) in [6.45, 7) is 0.569. The van der Waals surface area contributed by atoms with Gasteiger partial charge in [-0.1, -0.05) is 35.3 Å². The van der Waals surface area contributed by atoms with E-state index in [2.05, 4.69) is 54.5 Å². The van der Waals surface area contributed by atoms with Crippen LogP contribution in [0.3, 0.4) is 0 Å². The highest BCUT2D eigenvalue weighted by Crippen LogP contribution is 2.26. The second-order valence-corrected chi connectivity index (χ2v) is 9.00. The fourth-order valence-electron chi connectivity index (χ4n) is 4.15. The molecular formula is C26H18Cl2N6. The van der Waals surface area contributed by atoms with Gasteiger partial charge in [-0.25, -0.2) is 15.0 Å². The number of halogens is 2. The Balaban J connectivity index is 1.28. The third kappa shape index (κ3) is 4.02. The smallest absolute Gasteiger partial charge is 0.138 e. The number of aromatic nitrogens is 5. The van der Waals surface area contributed by atoms with Crippen LogP contribution in [-0.2, 0) is 13.0 Å². The molecule has 6 rings (SSSR count). The van der Waals surface area contributed by atoms with Crippen LogP contribution in [0.4, 0.5) is 5.82 Å². The van der Waals surface area contributed by atoms with Crippen molar-refractivity contribution in [2.45, 2.75) is 13.0 Å². The maximum Gasteiger partial charge on any atom is 0.138 e. The van der Waals surface area contributed by atoms with Gasteiger partial charge in [0.15, 0.2) is 0 Å². The highest BCUT2D eigenvalue weighted by atomic mass is 35.5. The van der Waals surface area contributed by atoms with E-state index in [-0.39, 0.29) is 0 Å².